The largest absolute Gasteiger partial charge is 0.366 e. The lowest BCUT2D eigenvalue weighted by Gasteiger charge is -2.06. The predicted molar refractivity (Wildman–Crippen MR) is 75.7 cm³/mol. The molecule has 0 saturated carbocycles. The van der Waals surface area contributed by atoms with Gasteiger partial charge in [-0.1, -0.05) is 35.3 Å². The number of pyridine rings is 1. The van der Waals surface area contributed by atoms with Gasteiger partial charge < -0.3 is 5.32 Å². The maximum absolute atomic E-state index is 5.92. The number of anilines is 1. The molecule has 0 spiro atoms. The highest BCUT2D eigenvalue weighted by Gasteiger charge is 2.00. The molecule has 0 bridgehead atoms. The second-order valence-electron chi connectivity index (χ2n) is 3.45. The Morgan fingerprint density at radius 2 is 2.00 bits per heavy atom. The van der Waals surface area contributed by atoms with E-state index in [1.807, 2.05) is 30.3 Å². The molecule has 0 aliphatic rings. The van der Waals surface area contributed by atoms with E-state index in [4.69, 9.17) is 23.2 Å². The molecule has 1 N–H and O–H groups in total. The van der Waals surface area contributed by atoms with Crippen molar-refractivity contribution < 1.29 is 0 Å². The molecule has 0 amide bonds. The summed E-state index contributed by atoms with van der Waals surface area (Å²) in [6, 6.07) is 11.3. The van der Waals surface area contributed by atoms with Crippen molar-refractivity contribution in [3.8, 4) is 0 Å². The zero-order valence-electron chi connectivity index (χ0n) is 8.75. The van der Waals surface area contributed by atoms with E-state index in [0.29, 0.717) is 16.7 Å². The van der Waals surface area contributed by atoms with Gasteiger partial charge in [0.05, 0.1) is 5.02 Å². The molecule has 1 aromatic heterocycles. The van der Waals surface area contributed by atoms with Gasteiger partial charge in [-0.2, -0.15) is 0 Å². The Morgan fingerprint density at radius 1 is 1.18 bits per heavy atom. The molecule has 0 aliphatic carbocycles. The van der Waals surface area contributed by atoms with E-state index in [1.165, 1.54) is 0 Å². The van der Waals surface area contributed by atoms with Crippen molar-refractivity contribution in [2.24, 2.45) is 0 Å². The summed E-state index contributed by atoms with van der Waals surface area (Å²) in [4.78, 5) is 4.14. The van der Waals surface area contributed by atoms with E-state index < -0.39 is 0 Å². The summed E-state index contributed by atoms with van der Waals surface area (Å²) in [6.45, 7) is 0.670. The zero-order valence-corrected chi connectivity index (χ0v) is 11.9. The molecule has 2 rings (SSSR count). The van der Waals surface area contributed by atoms with Crippen LogP contribution in [-0.2, 0) is 6.54 Å². The number of hydrogen-bond donors (Lipinski definition) is 1. The van der Waals surface area contributed by atoms with Crippen molar-refractivity contribution in [1.29, 1.82) is 0 Å². The molecule has 0 radical (unpaired) electrons. The maximum Gasteiger partial charge on any atom is 0.131 e. The SMILES string of the molecule is Clc1cccc(NCc2ccc(Cl)c(Br)c2)n1. The summed E-state index contributed by atoms with van der Waals surface area (Å²) in [5.74, 6) is 0.753. The second-order valence-corrected chi connectivity index (χ2v) is 5.10. The normalized spacial score (nSPS) is 10.3. The maximum atomic E-state index is 5.92. The lowest BCUT2D eigenvalue weighted by molar-refractivity contribution is 1.11. The topological polar surface area (TPSA) is 24.9 Å². The smallest absolute Gasteiger partial charge is 0.131 e. The summed E-state index contributed by atoms with van der Waals surface area (Å²) in [5, 5.41) is 4.37. The van der Waals surface area contributed by atoms with E-state index in [9.17, 15) is 0 Å². The van der Waals surface area contributed by atoms with E-state index in [1.54, 1.807) is 6.07 Å². The van der Waals surface area contributed by atoms with Crippen LogP contribution in [0.1, 0.15) is 5.56 Å². The molecule has 0 aliphatic heterocycles. The highest BCUT2D eigenvalue weighted by Crippen LogP contribution is 2.23. The van der Waals surface area contributed by atoms with Gasteiger partial charge in [0, 0.05) is 11.0 Å². The fourth-order valence-corrected chi connectivity index (χ4v) is 2.06. The third-order valence-corrected chi connectivity index (χ3v) is 3.60. The fourth-order valence-electron chi connectivity index (χ4n) is 1.35. The van der Waals surface area contributed by atoms with Crippen LogP contribution >= 0.6 is 39.1 Å². The lowest BCUT2D eigenvalue weighted by Crippen LogP contribution is -2.01. The molecule has 5 heteroatoms. The average Bonchev–Trinajstić information content (AvgIpc) is 2.31. The summed E-state index contributed by atoms with van der Waals surface area (Å²) >= 11 is 15.1. The minimum atomic E-state index is 0.479. The van der Waals surface area contributed by atoms with Gasteiger partial charge in [-0.05, 0) is 45.8 Å². The van der Waals surface area contributed by atoms with Crippen molar-refractivity contribution in [1.82, 2.24) is 4.98 Å². The molecule has 2 aromatic rings. The third kappa shape index (κ3) is 3.60. The molecule has 0 atom stereocenters. The summed E-state index contributed by atoms with van der Waals surface area (Å²) in [7, 11) is 0. The standard InChI is InChI=1S/C12H9BrCl2N2/c13-9-6-8(4-5-10(9)14)7-16-12-3-1-2-11(15)17-12/h1-6H,7H2,(H,16,17). The Balaban J connectivity index is 2.05. The van der Waals surface area contributed by atoms with Crippen LogP contribution in [0.4, 0.5) is 5.82 Å². The van der Waals surface area contributed by atoms with Crippen LogP contribution in [0.15, 0.2) is 40.9 Å². The molecule has 0 unspecified atom stereocenters. The number of hydrogen-bond acceptors (Lipinski definition) is 2. The molecule has 0 saturated heterocycles. The molecule has 17 heavy (non-hydrogen) atoms. The van der Waals surface area contributed by atoms with Crippen LogP contribution in [0.25, 0.3) is 0 Å². The van der Waals surface area contributed by atoms with E-state index >= 15 is 0 Å². The van der Waals surface area contributed by atoms with E-state index in [0.717, 1.165) is 15.9 Å². The van der Waals surface area contributed by atoms with Crippen LogP contribution in [0.3, 0.4) is 0 Å². The number of nitrogens with zero attached hydrogens (tertiary/aromatic N) is 1. The van der Waals surface area contributed by atoms with Gasteiger partial charge in [0.15, 0.2) is 0 Å². The Kier molecular flexibility index (Phi) is 4.26. The van der Waals surface area contributed by atoms with Gasteiger partial charge in [-0.15, -0.1) is 0 Å². The highest BCUT2D eigenvalue weighted by molar-refractivity contribution is 9.10. The zero-order chi connectivity index (χ0) is 12.3. The van der Waals surface area contributed by atoms with Crippen molar-refractivity contribution in [3.05, 3.63) is 56.6 Å². The molecule has 1 heterocycles. The monoisotopic (exact) mass is 330 g/mol. The van der Waals surface area contributed by atoms with Crippen LogP contribution in [0.5, 0.6) is 0 Å². The number of nitrogens with one attached hydrogen (secondary N) is 1. The summed E-state index contributed by atoms with van der Waals surface area (Å²) in [6.07, 6.45) is 0. The van der Waals surface area contributed by atoms with Crippen molar-refractivity contribution in [2.45, 2.75) is 6.54 Å². The molecule has 2 nitrogen and oxygen atoms in total. The van der Waals surface area contributed by atoms with E-state index in [2.05, 4.69) is 26.2 Å². The van der Waals surface area contributed by atoms with Gasteiger partial charge in [-0.3, -0.25) is 0 Å². The van der Waals surface area contributed by atoms with Crippen molar-refractivity contribution >= 4 is 44.9 Å². The Bertz CT molecular complexity index is 532. The molecular weight excluding hydrogens is 323 g/mol. The highest BCUT2D eigenvalue weighted by atomic mass is 79.9. The molecule has 88 valence electrons. The van der Waals surface area contributed by atoms with E-state index in [-0.39, 0.29) is 0 Å². The van der Waals surface area contributed by atoms with Crippen molar-refractivity contribution in [2.75, 3.05) is 5.32 Å². The number of halogens is 3. The van der Waals surface area contributed by atoms with Crippen molar-refractivity contribution in [3.63, 3.8) is 0 Å². The quantitative estimate of drug-likeness (QED) is 0.820. The minimum Gasteiger partial charge on any atom is -0.366 e. The molecule has 0 fully saturated rings. The number of rotatable bonds is 3. The minimum absolute atomic E-state index is 0.479. The Hall–Kier alpha value is -0.770. The number of aromatic nitrogens is 1. The fraction of sp³-hybridized carbons (Fsp3) is 0.0833. The first-order valence-electron chi connectivity index (χ1n) is 4.95. The second kappa shape index (κ2) is 5.71. The molecule has 1 aromatic carbocycles. The van der Waals surface area contributed by atoms with Crippen LogP contribution < -0.4 is 5.32 Å². The number of benzene rings is 1. The van der Waals surface area contributed by atoms with Gasteiger partial charge in [-0.25, -0.2) is 4.98 Å². The van der Waals surface area contributed by atoms with Gasteiger partial charge in [0.25, 0.3) is 0 Å². The first-order valence-corrected chi connectivity index (χ1v) is 6.50. The predicted octanol–water partition coefficient (Wildman–Crippen LogP) is 4.76. The molecular formula is C12H9BrCl2N2. The first kappa shape index (κ1) is 12.7. The van der Waals surface area contributed by atoms with Crippen LogP contribution in [-0.4, -0.2) is 4.98 Å². The first-order chi connectivity index (χ1) is 8.15. The van der Waals surface area contributed by atoms with Gasteiger partial charge in [0.2, 0.25) is 0 Å². The van der Waals surface area contributed by atoms with Gasteiger partial charge in [0.1, 0.15) is 11.0 Å². The van der Waals surface area contributed by atoms with Crippen LogP contribution in [0.2, 0.25) is 10.2 Å². The Morgan fingerprint density at radius 3 is 2.71 bits per heavy atom. The Labute approximate surface area is 118 Å². The van der Waals surface area contributed by atoms with Gasteiger partial charge >= 0.3 is 0 Å². The van der Waals surface area contributed by atoms with Crippen LogP contribution in [0, 0.1) is 0 Å². The third-order valence-electron chi connectivity index (χ3n) is 2.17. The summed E-state index contributed by atoms with van der Waals surface area (Å²) in [5.41, 5.74) is 1.11. The average molecular weight is 332 g/mol. The lowest BCUT2D eigenvalue weighted by atomic mass is 10.2. The summed E-state index contributed by atoms with van der Waals surface area (Å²) < 4.78 is 0.887.